The van der Waals surface area contributed by atoms with Crippen LogP contribution in [0.2, 0.25) is 0 Å². The van der Waals surface area contributed by atoms with E-state index in [1.54, 1.807) is 14.2 Å². The zero-order valence-corrected chi connectivity index (χ0v) is 10.7. The van der Waals surface area contributed by atoms with Crippen LogP contribution >= 0.6 is 22.6 Å². The van der Waals surface area contributed by atoms with Gasteiger partial charge in [-0.15, -0.1) is 0 Å². The zero-order chi connectivity index (χ0) is 10.7. The van der Waals surface area contributed by atoms with Crippen molar-refractivity contribution >= 4 is 22.6 Å². The number of rotatable bonds is 3. The number of methoxy groups -OCH3 is 2. The first kappa shape index (κ1) is 11.6. The van der Waals surface area contributed by atoms with Crippen molar-refractivity contribution in [2.75, 3.05) is 14.2 Å². The van der Waals surface area contributed by atoms with Gasteiger partial charge in [-0.1, -0.05) is 0 Å². The lowest BCUT2D eigenvalue weighted by molar-refractivity contribution is 0.352. The van der Waals surface area contributed by atoms with Gasteiger partial charge in [0.05, 0.1) is 17.8 Å². The molecule has 0 amide bonds. The zero-order valence-electron chi connectivity index (χ0n) is 8.50. The Balaban J connectivity index is 3.24. The average Bonchev–Trinajstić information content (AvgIpc) is 2.16. The van der Waals surface area contributed by atoms with Gasteiger partial charge in [-0.05, 0) is 47.2 Å². The van der Waals surface area contributed by atoms with E-state index >= 15 is 0 Å². The van der Waals surface area contributed by atoms with Gasteiger partial charge in [-0.3, -0.25) is 0 Å². The molecule has 0 saturated heterocycles. The molecule has 0 bridgehead atoms. The summed E-state index contributed by atoms with van der Waals surface area (Å²) in [5.74, 6) is 1.49. The Bertz CT molecular complexity index is 326. The molecule has 0 spiro atoms. The van der Waals surface area contributed by atoms with Gasteiger partial charge in [0.2, 0.25) is 0 Å². The number of halogens is 1. The summed E-state index contributed by atoms with van der Waals surface area (Å²) in [6.45, 7) is 1.94. The van der Waals surface area contributed by atoms with Gasteiger partial charge < -0.3 is 15.2 Å². The number of benzene rings is 1. The van der Waals surface area contributed by atoms with Crippen LogP contribution in [0, 0.1) is 3.57 Å². The fourth-order valence-corrected chi connectivity index (χ4v) is 2.05. The first-order valence-corrected chi connectivity index (χ1v) is 5.35. The fraction of sp³-hybridized carbons (Fsp3) is 0.400. The normalized spacial score (nSPS) is 12.4. The second-order valence-electron chi connectivity index (χ2n) is 3.03. The lowest BCUT2D eigenvalue weighted by atomic mass is 10.1. The van der Waals surface area contributed by atoms with E-state index in [0.29, 0.717) is 0 Å². The Hall–Kier alpha value is -0.490. The van der Waals surface area contributed by atoms with Crippen molar-refractivity contribution in [2.45, 2.75) is 13.0 Å². The van der Waals surface area contributed by atoms with Crippen molar-refractivity contribution in [1.29, 1.82) is 0 Å². The van der Waals surface area contributed by atoms with E-state index in [-0.39, 0.29) is 6.04 Å². The van der Waals surface area contributed by atoms with E-state index < -0.39 is 0 Å². The van der Waals surface area contributed by atoms with Crippen LogP contribution in [0.15, 0.2) is 12.1 Å². The molecule has 1 atom stereocenters. The maximum atomic E-state index is 5.80. The first-order valence-electron chi connectivity index (χ1n) is 4.27. The van der Waals surface area contributed by atoms with Crippen LogP contribution in [-0.4, -0.2) is 14.2 Å². The summed E-state index contributed by atoms with van der Waals surface area (Å²) >= 11 is 2.21. The highest BCUT2D eigenvalue weighted by Gasteiger charge is 2.11. The molecule has 4 heteroatoms. The van der Waals surface area contributed by atoms with Gasteiger partial charge in [0.25, 0.3) is 0 Å². The van der Waals surface area contributed by atoms with E-state index in [2.05, 4.69) is 22.6 Å². The first-order chi connectivity index (χ1) is 6.60. The van der Waals surface area contributed by atoms with E-state index in [0.717, 1.165) is 20.6 Å². The number of hydrogen-bond acceptors (Lipinski definition) is 3. The molecule has 0 aromatic heterocycles. The van der Waals surface area contributed by atoms with Gasteiger partial charge in [0, 0.05) is 6.04 Å². The fourth-order valence-electron chi connectivity index (χ4n) is 1.20. The van der Waals surface area contributed by atoms with E-state index in [4.69, 9.17) is 15.2 Å². The van der Waals surface area contributed by atoms with Crippen LogP contribution in [-0.2, 0) is 0 Å². The highest BCUT2D eigenvalue weighted by atomic mass is 127. The van der Waals surface area contributed by atoms with E-state index in [1.165, 1.54) is 0 Å². The van der Waals surface area contributed by atoms with Crippen molar-refractivity contribution in [1.82, 2.24) is 0 Å². The Morgan fingerprint density at radius 2 is 1.93 bits per heavy atom. The number of hydrogen-bond donors (Lipinski definition) is 1. The quantitative estimate of drug-likeness (QED) is 0.872. The molecule has 0 aliphatic heterocycles. The van der Waals surface area contributed by atoms with Gasteiger partial charge in [0.1, 0.15) is 0 Å². The topological polar surface area (TPSA) is 44.5 Å². The van der Waals surface area contributed by atoms with Crippen LogP contribution in [0.25, 0.3) is 0 Å². The predicted molar refractivity (Wildman–Crippen MR) is 64.9 cm³/mol. The minimum atomic E-state index is 0.00308. The lowest BCUT2D eigenvalue weighted by Gasteiger charge is -2.13. The van der Waals surface area contributed by atoms with Gasteiger partial charge in [0.15, 0.2) is 11.5 Å². The summed E-state index contributed by atoms with van der Waals surface area (Å²) < 4.78 is 11.5. The third-order valence-electron chi connectivity index (χ3n) is 1.98. The van der Waals surface area contributed by atoms with Crippen molar-refractivity contribution in [3.63, 3.8) is 0 Å². The molecule has 0 heterocycles. The van der Waals surface area contributed by atoms with E-state index in [1.807, 2.05) is 19.1 Å². The largest absolute Gasteiger partial charge is 0.493 e. The summed E-state index contributed by atoms with van der Waals surface area (Å²) in [4.78, 5) is 0. The Morgan fingerprint density at radius 1 is 1.29 bits per heavy atom. The molecule has 2 N–H and O–H groups in total. The molecule has 0 saturated carbocycles. The Kier molecular flexibility index (Phi) is 4.00. The van der Waals surface area contributed by atoms with Crippen LogP contribution in [0.4, 0.5) is 0 Å². The van der Waals surface area contributed by atoms with Crippen LogP contribution in [0.5, 0.6) is 11.5 Å². The molecule has 78 valence electrons. The smallest absolute Gasteiger partial charge is 0.174 e. The molecule has 3 nitrogen and oxygen atoms in total. The molecule has 1 rings (SSSR count). The maximum Gasteiger partial charge on any atom is 0.174 e. The minimum Gasteiger partial charge on any atom is -0.493 e. The van der Waals surface area contributed by atoms with E-state index in [9.17, 15) is 0 Å². The summed E-state index contributed by atoms with van der Waals surface area (Å²) in [6.07, 6.45) is 0. The Labute approximate surface area is 97.7 Å². The highest BCUT2D eigenvalue weighted by molar-refractivity contribution is 14.1. The van der Waals surface area contributed by atoms with Gasteiger partial charge in [-0.2, -0.15) is 0 Å². The Morgan fingerprint density at radius 3 is 2.36 bits per heavy atom. The summed E-state index contributed by atoms with van der Waals surface area (Å²) in [5.41, 5.74) is 6.85. The second-order valence-corrected chi connectivity index (χ2v) is 4.19. The molecule has 0 aliphatic carbocycles. The SMILES string of the molecule is COc1cc([C@@H](C)N)cc(I)c1OC. The van der Waals surface area contributed by atoms with Crippen LogP contribution in [0.1, 0.15) is 18.5 Å². The molecule has 0 aliphatic rings. The standard InChI is InChI=1S/C10H14INO2/c1-6(12)7-4-8(11)10(14-3)9(5-7)13-2/h4-6H,12H2,1-3H3/t6-/m1/s1. The molecule has 0 fully saturated rings. The van der Waals surface area contributed by atoms with Crippen molar-refractivity contribution in [3.05, 3.63) is 21.3 Å². The number of ether oxygens (including phenoxy) is 2. The summed E-state index contributed by atoms with van der Waals surface area (Å²) in [6, 6.07) is 3.92. The molecule has 14 heavy (non-hydrogen) atoms. The second kappa shape index (κ2) is 4.84. The molecule has 1 aromatic rings. The predicted octanol–water partition coefficient (Wildman–Crippen LogP) is 2.33. The monoisotopic (exact) mass is 307 g/mol. The van der Waals surface area contributed by atoms with Crippen LogP contribution in [0.3, 0.4) is 0 Å². The summed E-state index contributed by atoms with van der Waals surface area (Å²) in [5, 5.41) is 0. The molecule has 0 unspecified atom stereocenters. The third-order valence-corrected chi connectivity index (χ3v) is 2.78. The van der Waals surface area contributed by atoms with Gasteiger partial charge in [-0.25, -0.2) is 0 Å². The molecule has 1 aromatic carbocycles. The molecular weight excluding hydrogens is 293 g/mol. The minimum absolute atomic E-state index is 0.00308. The maximum absolute atomic E-state index is 5.80. The summed E-state index contributed by atoms with van der Waals surface area (Å²) in [7, 11) is 3.25. The van der Waals surface area contributed by atoms with Crippen molar-refractivity contribution in [2.24, 2.45) is 5.73 Å². The van der Waals surface area contributed by atoms with Gasteiger partial charge >= 0.3 is 0 Å². The highest BCUT2D eigenvalue weighted by Crippen LogP contribution is 2.34. The van der Waals surface area contributed by atoms with Crippen molar-refractivity contribution < 1.29 is 9.47 Å². The lowest BCUT2D eigenvalue weighted by Crippen LogP contribution is -2.06. The molecular formula is C10H14INO2. The number of nitrogens with two attached hydrogens (primary N) is 1. The average molecular weight is 307 g/mol. The molecule has 0 radical (unpaired) electrons. The van der Waals surface area contributed by atoms with Crippen LogP contribution < -0.4 is 15.2 Å². The van der Waals surface area contributed by atoms with Crippen molar-refractivity contribution in [3.8, 4) is 11.5 Å². The third kappa shape index (κ3) is 2.30.